The van der Waals surface area contributed by atoms with E-state index in [1.807, 2.05) is 56.3 Å². The Kier molecular flexibility index (Phi) is 8.09. The molecule has 168 valence electrons. The van der Waals surface area contributed by atoms with Crippen LogP contribution in [0.2, 0.25) is 0 Å². The standard InChI is InChI=1S/C24H32N2O4S/c1-19(2)30-23-14-12-22(13-15-23)25-24(27)21-11-6-16-26(18-21)31(28,29)17-7-10-20-8-4-3-5-9-20/h3-5,8-9,12-15,19,21H,6-7,10-11,16-18H2,1-2H3,(H,25,27)/t21-/m1/s1. The predicted molar refractivity (Wildman–Crippen MR) is 124 cm³/mol. The van der Waals surface area contributed by atoms with E-state index < -0.39 is 10.0 Å². The van der Waals surface area contributed by atoms with Crippen molar-refractivity contribution in [2.24, 2.45) is 5.92 Å². The molecule has 0 unspecified atom stereocenters. The highest BCUT2D eigenvalue weighted by Crippen LogP contribution is 2.23. The van der Waals surface area contributed by atoms with Gasteiger partial charge in [0.05, 0.1) is 17.8 Å². The SMILES string of the molecule is CC(C)Oc1ccc(NC(=O)[C@@H]2CCCN(S(=O)(=O)CCCc3ccccc3)C2)cc1. The predicted octanol–water partition coefficient (Wildman–Crippen LogP) is 4.09. The van der Waals surface area contributed by atoms with Crippen molar-refractivity contribution >= 4 is 21.6 Å². The van der Waals surface area contributed by atoms with Crippen LogP contribution in [0.25, 0.3) is 0 Å². The molecule has 1 N–H and O–H groups in total. The zero-order valence-electron chi connectivity index (χ0n) is 18.3. The number of rotatable bonds is 9. The lowest BCUT2D eigenvalue weighted by Gasteiger charge is -2.31. The number of piperidine rings is 1. The van der Waals surface area contributed by atoms with Crippen LogP contribution in [0.5, 0.6) is 5.75 Å². The minimum Gasteiger partial charge on any atom is -0.491 e. The number of nitrogens with one attached hydrogen (secondary N) is 1. The second-order valence-corrected chi connectivity index (χ2v) is 10.4. The molecule has 0 aromatic heterocycles. The Balaban J connectivity index is 1.52. The fourth-order valence-electron chi connectivity index (χ4n) is 3.77. The summed E-state index contributed by atoms with van der Waals surface area (Å²) in [6.45, 7) is 4.65. The van der Waals surface area contributed by atoms with E-state index >= 15 is 0 Å². The summed E-state index contributed by atoms with van der Waals surface area (Å²) in [6, 6.07) is 17.1. The van der Waals surface area contributed by atoms with Crippen molar-refractivity contribution < 1.29 is 17.9 Å². The van der Waals surface area contributed by atoms with Gasteiger partial charge in [-0.2, -0.15) is 0 Å². The number of benzene rings is 2. The lowest BCUT2D eigenvalue weighted by Crippen LogP contribution is -2.44. The fraction of sp³-hybridized carbons (Fsp3) is 0.458. The molecule has 2 aromatic carbocycles. The van der Waals surface area contributed by atoms with Crippen LogP contribution in [-0.2, 0) is 21.2 Å². The van der Waals surface area contributed by atoms with Gasteiger partial charge in [-0.15, -0.1) is 0 Å². The van der Waals surface area contributed by atoms with E-state index in [9.17, 15) is 13.2 Å². The molecule has 0 spiro atoms. The monoisotopic (exact) mass is 444 g/mol. The van der Waals surface area contributed by atoms with Gasteiger partial charge in [-0.25, -0.2) is 12.7 Å². The number of nitrogens with zero attached hydrogens (tertiary/aromatic N) is 1. The number of ether oxygens (including phenoxy) is 1. The van der Waals surface area contributed by atoms with Gasteiger partial charge in [-0.3, -0.25) is 4.79 Å². The molecule has 6 nitrogen and oxygen atoms in total. The molecule has 3 rings (SSSR count). The van der Waals surface area contributed by atoms with Gasteiger partial charge in [-0.05, 0) is 69.4 Å². The van der Waals surface area contributed by atoms with E-state index in [0.29, 0.717) is 31.5 Å². The first kappa shape index (κ1) is 23.3. The zero-order chi connectivity index (χ0) is 22.3. The molecule has 1 aliphatic rings. The number of aryl methyl sites for hydroxylation is 1. The Labute approximate surface area is 185 Å². The largest absolute Gasteiger partial charge is 0.491 e. The Bertz CT molecular complexity index is 943. The third-order valence-corrected chi connectivity index (χ3v) is 7.28. The average molecular weight is 445 g/mol. The van der Waals surface area contributed by atoms with Gasteiger partial charge in [-0.1, -0.05) is 30.3 Å². The Morgan fingerprint density at radius 3 is 2.52 bits per heavy atom. The molecular weight excluding hydrogens is 412 g/mol. The zero-order valence-corrected chi connectivity index (χ0v) is 19.1. The van der Waals surface area contributed by atoms with Crippen LogP contribution >= 0.6 is 0 Å². The van der Waals surface area contributed by atoms with Crippen molar-refractivity contribution in [1.29, 1.82) is 0 Å². The lowest BCUT2D eigenvalue weighted by molar-refractivity contribution is -0.120. The van der Waals surface area contributed by atoms with Gasteiger partial charge < -0.3 is 10.1 Å². The second kappa shape index (κ2) is 10.8. The number of carbonyl (C=O) groups is 1. The van der Waals surface area contributed by atoms with E-state index in [0.717, 1.165) is 17.7 Å². The summed E-state index contributed by atoms with van der Waals surface area (Å²) in [6.07, 6.45) is 2.77. The topological polar surface area (TPSA) is 75.7 Å². The van der Waals surface area contributed by atoms with E-state index in [-0.39, 0.29) is 30.2 Å². The molecule has 0 aliphatic carbocycles. The second-order valence-electron chi connectivity index (χ2n) is 8.28. The maximum atomic E-state index is 12.8. The van der Waals surface area contributed by atoms with E-state index in [4.69, 9.17) is 4.74 Å². The smallest absolute Gasteiger partial charge is 0.228 e. The molecule has 0 bridgehead atoms. The van der Waals surface area contributed by atoms with Crippen LogP contribution in [0.3, 0.4) is 0 Å². The third kappa shape index (κ3) is 7.08. The maximum absolute atomic E-state index is 12.8. The van der Waals surface area contributed by atoms with Crippen LogP contribution in [0.4, 0.5) is 5.69 Å². The van der Waals surface area contributed by atoms with Crippen molar-refractivity contribution in [2.75, 3.05) is 24.2 Å². The van der Waals surface area contributed by atoms with Gasteiger partial charge >= 0.3 is 0 Å². The first-order valence-electron chi connectivity index (χ1n) is 10.9. The lowest BCUT2D eigenvalue weighted by atomic mass is 9.99. The molecule has 1 fully saturated rings. The molecule has 0 radical (unpaired) electrons. The number of sulfonamides is 1. The van der Waals surface area contributed by atoms with E-state index in [1.54, 1.807) is 12.1 Å². The number of hydrogen-bond acceptors (Lipinski definition) is 4. The van der Waals surface area contributed by atoms with Crippen molar-refractivity contribution in [3.8, 4) is 5.75 Å². The number of hydrogen-bond donors (Lipinski definition) is 1. The first-order chi connectivity index (χ1) is 14.8. The molecule has 0 saturated carbocycles. The summed E-state index contributed by atoms with van der Waals surface area (Å²) >= 11 is 0. The van der Waals surface area contributed by atoms with Crippen LogP contribution in [0.1, 0.15) is 38.7 Å². The minimum atomic E-state index is -3.37. The highest BCUT2D eigenvalue weighted by atomic mass is 32.2. The summed E-state index contributed by atoms with van der Waals surface area (Å²) in [5.41, 5.74) is 1.82. The molecule has 1 heterocycles. The van der Waals surface area contributed by atoms with E-state index in [2.05, 4.69) is 5.32 Å². The summed E-state index contributed by atoms with van der Waals surface area (Å²) in [7, 11) is -3.37. The van der Waals surface area contributed by atoms with Gasteiger partial charge in [0.15, 0.2) is 0 Å². The van der Waals surface area contributed by atoms with Gasteiger partial charge in [0.2, 0.25) is 15.9 Å². The Morgan fingerprint density at radius 2 is 1.84 bits per heavy atom. The third-order valence-electron chi connectivity index (χ3n) is 5.35. The fourth-order valence-corrected chi connectivity index (χ4v) is 5.36. The van der Waals surface area contributed by atoms with Gasteiger partial charge in [0.1, 0.15) is 5.75 Å². The molecule has 1 atom stereocenters. The average Bonchev–Trinajstić information content (AvgIpc) is 2.75. The van der Waals surface area contributed by atoms with Crippen molar-refractivity contribution in [3.05, 3.63) is 60.2 Å². The minimum absolute atomic E-state index is 0.0864. The number of anilines is 1. The van der Waals surface area contributed by atoms with Gasteiger partial charge in [0, 0.05) is 18.8 Å². The molecule has 1 amide bonds. The van der Waals surface area contributed by atoms with Crippen LogP contribution in [0.15, 0.2) is 54.6 Å². The summed E-state index contributed by atoms with van der Waals surface area (Å²) in [5.74, 6) is 0.373. The molecular formula is C24H32N2O4S. The highest BCUT2D eigenvalue weighted by Gasteiger charge is 2.32. The summed E-state index contributed by atoms with van der Waals surface area (Å²) < 4.78 is 32.7. The van der Waals surface area contributed by atoms with Crippen molar-refractivity contribution in [2.45, 2.75) is 45.6 Å². The molecule has 2 aromatic rings. The van der Waals surface area contributed by atoms with E-state index in [1.165, 1.54) is 4.31 Å². The van der Waals surface area contributed by atoms with Crippen LogP contribution < -0.4 is 10.1 Å². The normalized spacial score (nSPS) is 17.5. The highest BCUT2D eigenvalue weighted by molar-refractivity contribution is 7.89. The Morgan fingerprint density at radius 1 is 1.13 bits per heavy atom. The van der Waals surface area contributed by atoms with Crippen LogP contribution in [0, 0.1) is 5.92 Å². The van der Waals surface area contributed by atoms with Crippen molar-refractivity contribution in [3.63, 3.8) is 0 Å². The van der Waals surface area contributed by atoms with Crippen molar-refractivity contribution in [1.82, 2.24) is 4.31 Å². The molecule has 1 aliphatic heterocycles. The quantitative estimate of drug-likeness (QED) is 0.632. The summed E-state index contributed by atoms with van der Waals surface area (Å²) in [5, 5.41) is 2.91. The molecule has 1 saturated heterocycles. The number of amides is 1. The summed E-state index contributed by atoms with van der Waals surface area (Å²) in [4.78, 5) is 12.7. The van der Waals surface area contributed by atoms with Crippen LogP contribution in [-0.4, -0.2) is 43.6 Å². The first-order valence-corrected chi connectivity index (χ1v) is 12.5. The molecule has 31 heavy (non-hydrogen) atoms. The maximum Gasteiger partial charge on any atom is 0.228 e. The number of carbonyl (C=O) groups excluding carboxylic acids is 1. The molecule has 7 heteroatoms. The Hall–Kier alpha value is -2.38. The van der Waals surface area contributed by atoms with Gasteiger partial charge in [0.25, 0.3) is 0 Å².